The van der Waals surface area contributed by atoms with E-state index in [0.717, 1.165) is 34.4 Å². The van der Waals surface area contributed by atoms with Crippen molar-refractivity contribution in [2.45, 2.75) is 60.5 Å². The van der Waals surface area contributed by atoms with Gasteiger partial charge in [-0.15, -0.1) is 16.4 Å². The van der Waals surface area contributed by atoms with Crippen molar-refractivity contribution in [3.63, 3.8) is 0 Å². The molecular formula is C26H38N2O4S. The van der Waals surface area contributed by atoms with E-state index >= 15 is 0 Å². The highest BCUT2D eigenvalue weighted by Gasteiger charge is 2.21. The number of aliphatic hydroxyl groups excluding tert-OH is 2. The number of aryl methyl sites for hydroxylation is 2. The van der Waals surface area contributed by atoms with E-state index in [1.54, 1.807) is 11.3 Å². The zero-order valence-corrected chi connectivity index (χ0v) is 21.5. The summed E-state index contributed by atoms with van der Waals surface area (Å²) in [7, 11) is 0. The van der Waals surface area contributed by atoms with Crippen molar-refractivity contribution >= 4 is 23.0 Å². The molecule has 0 radical (unpaired) electrons. The molecule has 6 nitrogen and oxygen atoms in total. The van der Waals surface area contributed by atoms with Gasteiger partial charge in [-0.2, -0.15) is 0 Å². The standard InChI is InChI=1S/C26H38N2O4S/c1-15(2)8-21-14-33-25(23(21)9-16(3)4)26(28-27)32-19(7)20-10-17(5)24(18(6)11-20)31-13-22(30)12-29/h10-11,14-16,22,29-30H,7-9,12-13,27H2,1-6H3/b28-26-. The molecule has 1 unspecified atom stereocenters. The molecule has 4 N–H and O–H groups in total. The maximum Gasteiger partial charge on any atom is 0.253 e. The maximum absolute atomic E-state index is 9.57. The number of hydrogen-bond donors (Lipinski definition) is 3. The molecule has 1 aromatic carbocycles. The molecule has 7 heteroatoms. The van der Waals surface area contributed by atoms with Crippen LogP contribution in [-0.2, 0) is 17.6 Å². The lowest BCUT2D eigenvalue weighted by Crippen LogP contribution is -2.21. The predicted molar refractivity (Wildman–Crippen MR) is 137 cm³/mol. The molecule has 1 aromatic heterocycles. The molecule has 1 heterocycles. The number of rotatable bonds is 11. The summed E-state index contributed by atoms with van der Waals surface area (Å²) in [4.78, 5) is 0.953. The van der Waals surface area contributed by atoms with Crippen LogP contribution in [0.4, 0.5) is 0 Å². The molecule has 0 bridgehead atoms. The monoisotopic (exact) mass is 474 g/mol. The minimum Gasteiger partial charge on any atom is -0.490 e. The highest BCUT2D eigenvalue weighted by atomic mass is 32.1. The van der Waals surface area contributed by atoms with E-state index in [1.807, 2.05) is 26.0 Å². The van der Waals surface area contributed by atoms with Gasteiger partial charge in [0.2, 0.25) is 0 Å². The van der Waals surface area contributed by atoms with Gasteiger partial charge in [-0.3, -0.25) is 0 Å². The molecule has 0 saturated carbocycles. The van der Waals surface area contributed by atoms with Crippen LogP contribution in [0.25, 0.3) is 5.76 Å². The summed E-state index contributed by atoms with van der Waals surface area (Å²) in [5.74, 6) is 8.31. The van der Waals surface area contributed by atoms with Crippen LogP contribution < -0.4 is 10.6 Å². The van der Waals surface area contributed by atoms with E-state index in [2.05, 4.69) is 44.8 Å². The Morgan fingerprint density at radius 3 is 2.24 bits per heavy atom. The molecule has 1 atom stereocenters. The Morgan fingerprint density at radius 2 is 1.73 bits per heavy atom. The quantitative estimate of drug-likeness (QED) is 0.143. The molecule has 0 spiro atoms. The molecule has 0 amide bonds. The third kappa shape index (κ3) is 7.32. The molecule has 33 heavy (non-hydrogen) atoms. The first-order valence-corrected chi connectivity index (χ1v) is 12.2. The minimum atomic E-state index is -0.920. The van der Waals surface area contributed by atoms with Crippen LogP contribution in [0.2, 0.25) is 0 Å². The lowest BCUT2D eigenvalue weighted by Gasteiger charge is -2.17. The first-order valence-electron chi connectivity index (χ1n) is 11.3. The van der Waals surface area contributed by atoms with Crippen molar-refractivity contribution in [2.24, 2.45) is 22.8 Å². The molecule has 0 aliphatic rings. The fraction of sp³-hybridized carbons (Fsp3) is 0.500. The van der Waals surface area contributed by atoms with Gasteiger partial charge < -0.3 is 25.5 Å². The fourth-order valence-corrected chi connectivity index (χ4v) is 4.77. The van der Waals surface area contributed by atoms with Crippen LogP contribution in [0, 0.1) is 25.7 Å². The molecule has 0 aliphatic carbocycles. The van der Waals surface area contributed by atoms with E-state index in [4.69, 9.17) is 20.4 Å². The van der Waals surface area contributed by atoms with Crippen LogP contribution in [0.15, 0.2) is 29.2 Å². The van der Waals surface area contributed by atoms with Crippen molar-refractivity contribution in [1.82, 2.24) is 0 Å². The van der Waals surface area contributed by atoms with Gasteiger partial charge in [0.15, 0.2) is 0 Å². The molecule has 0 fully saturated rings. The Morgan fingerprint density at radius 1 is 1.12 bits per heavy atom. The summed E-state index contributed by atoms with van der Waals surface area (Å²) in [5.41, 5.74) is 5.13. The Labute approximate surface area is 201 Å². The van der Waals surface area contributed by atoms with Crippen LogP contribution in [0.5, 0.6) is 5.75 Å². The number of benzene rings is 1. The summed E-state index contributed by atoms with van der Waals surface area (Å²) in [5, 5.41) is 24.7. The summed E-state index contributed by atoms with van der Waals surface area (Å²) in [6.07, 6.45) is 1.01. The molecular weight excluding hydrogens is 436 g/mol. The Bertz CT molecular complexity index is 956. The van der Waals surface area contributed by atoms with Crippen LogP contribution >= 0.6 is 11.3 Å². The SMILES string of the molecule is C=C(O/C(=N\N)c1scc(CC(C)C)c1CC(C)C)c1cc(C)c(OCC(O)CO)c(C)c1. The highest BCUT2D eigenvalue weighted by molar-refractivity contribution is 7.12. The third-order valence-electron chi connectivity index (χ3n) is 5.17. The zero-order valence-electron chi connectivity index (χ0n) is 20.6. The predicted octanol–water partition coefficient (Wildman–Crippen LogP) is 4.80. The number of thiophene rings is 1. The van der Waals surface area contributed by atoms with Gasteiger partial charge >= 0.3 is 0 Å². The second-order valence-electron chi connectivity index (χ2n) is 9.31. The number of aliphatic hydroxyl groups is 2. The van der Waals surface area contributed by atoms with Crippen LogP contribution in [-0.4, -0.2) is 35.4 Å². The van der Waals surface area contributed by atoms with Crippen molar-refractivity contribution in [3.05, 3.63) is 56.8 Å². The second kappa shape index (κ2) is 12.2. The number of nitrogens with two attached hydrogens (primary N) is 1. The first-order chi connectivity index (χ1) is 15.6. The van der Waals surface area contributed by atoms with Crippen molar-refractivity contribution in [2.75, 3.05) is 13.2 Å². The van der Waals surface area contributed by atoms with E-state index < -0.39 is 6.10 Å². The largest absolute Gasteiger partial charge is 0.490 e. The second-order valence-corrected chi connectivity index (χ2v) is 10.2. The Kier molecular flexibility index (Phi) is 9.95. The normalized spacial score (nSPS) is 13.0. The van der Waals surface area contributed by atoms with E-state index in [-0.39, 0.29) is 13.2 Å². The van der Waals surface area contributed by atoms with Gasteiger partial charge in [0, 0.05) is 5.56 Å². The van der Waals surface area contributed by atoms with Gasteiger partial charge in [0.05, 0.1) is 11.5 Å². The summed E-state index contributed by atoms with van der Waals surface area (Å²) in [6.45, 7) is 16.5. The zero-order chi connectivity index (χ0) is 24.7. The number of hydrogen-bond acceptors (Lipinski definition) is 7. The first kappa shape index (κ1) is 26.9. The molecule has 182 valence electrons. The Balaban J connectivity index is 2.28. The van der Waals surface area contributed by atoms with Crippen molar-refractivity contribution in [1.29, 1.82) is 0 Å². The average Bonchev–Trinajstić information content (AvgIpc) is 3.11. The number of ether oxygens (including phenoxy) is 2. The van der Waals surface area contributed by atoms with Gasteiger partial charge in [-0.25, -0.2) is 0 Å². The van der Waals surface area contributed by atoms with E-state index in [1.165, 1.54) is 11.1 Å². The smallest absolute Gasteiger partial charge is 0.253 e. The summed E-state index contributed by atoms with van der Waals surface area (Å²) in [6, 6.07) is 3.83. The lowest BCUT2D eigenvalue weighted by atomic mass is 9.94. The van der Waals surface area contributed by atoms with Gasteiger partial charge in [-0.05, 0) is 78.3 Å². The molecule has 0 aliphatic heterocycles. The van der Waals surface area contributed by atoms with Crippen LogP contribution in [0.3, 0.4) is 0 Å². The van der Waals surface area contributed by atoms with Gasteiger partial charge in [0.1, 0.15) is 24.2 Å². The van der Waals surface area contributed by atoms with Crippen LogP contribution in [0.1, 0.15) is 60.4 Å². The van der Waals surface area contributed by atoms with E-state index in [0.29, 0.717) is 29.2 Å². The number of nitrogens with zero attached hydrogens (tertiary/aromatic N) is 1. The van der Waals surface area contributed by atoms with E-state index in [9.17, 15) is 5.11 Å². The lowest BCUT2D eigenvalue weighted by molar-refractivity contribution is 0.0532. The van der Waals surface area contributed by atoms with Crippen molar-refractivity contribution < 1.29 is 19.7 Å². The molecule has 0 saturated heterocycles. The van der Waals surface area contributed by atoms with Gasteiger partial charge in [0.25, 0.3) is 5.90 Å². The fourth-order valence-electron chi connectivity index (χ4n) is 3.72. The highest BCUT2D eigenvalue weighted by Crippen LogP contribution is 2.32. The Hall–Kier alpha value is -2.35. The molecule has 2 aromatic rings. The maximum atomic E-state index is 9.57. The molecule has 2 rings (SSSR count). The average molecular weight is 475 g/mol. The van der Waals surface area contributed by atoms with Gasteiger partial charge in [-0.1, -0.05) is 34.3 Å². The number of hydrazone groups is 1. The minimum absolute atomic E-state index is 0.0225. The topological polar surface area (TPSA) is 97.3 Å². The summed E-state index contributed by atoms with van der Waals surface area (Å²) >= 11 is 1.61. The third-order valence-corrected chi connectivity index (χ3v) is 6.22. The van der Waals surface area contributed by atoms with Crippen molar-refractivity contribution in [3.8, 4) is 5.75 Å². The summed E-state index contributed by atoms with van der Waals surface area (Å²) < 4.78 is 11.8.